The van der Waals surface area contributed by atoms with Crippen LogP contribution in [-0.2, 0) is 16.1 Å². The van der Waals surface area contributed by atoms with Crippen molar-refractivity contribution >= 4 is 17.5 Å². The Morgan fingerprint density at radius 3 is 1.90 bits per heavy atom. The summed E-state index contributed by atoms with van der Waals surface area (Å²) in [7, 11) is 0. The van der Waals surface area contributed by atoms with Crippen LogP contribution in [0, 0.1) is 17.8 Å². The van der Waals surface area contributed by atoms with Gasteiger partial charge >= 0.3 is 11.8 Å². The highest BCUT2D eigenvalue weighted by Crippen LogP contribution is 2.55. The van der Waals surface area contributed by atoms with Gasteiger partial charge in [0.25, 0.3) is 0 Å². The van der Waals surface area contributed by atoms with E-state index in [4.69, 9.17) is 0 Å². The van der Waals surface area contributed by atoms with E-state index in [2.05, 4.69) is 5.32 Å². The van der Waals surface area contributed by atoms with Crippen LogP contribution in [0.5, 0.6) is 0 Å². The van der Waals surface area contributed by atoms with Gasteiger partial charge in [-0.05, 0) is 74.0 Å². The molecule has 2 aromatic carbocycles. The number of nitrogens with one attached hydrogen (secondary N) is 1. The first-order valence-corrected chi connectivity index (χ1v) is 10.8. The second-order valence-electron chi connectivity index (χ2n) is 9.36. The van der Waals surface area contributed by atoms with Crippen molar-refractivity contribution in [2.45, 2.75) is 50.6 Å². The summed E-state index contributed by atoms with van der Waals surface area (Å²) >= 11 is 0. The molecular weight excluding hydrogens is 360 g/mol. The fourth-order valence-electron chi connectivity index (χ4n) is 6.33. The highest BCUT2D eigenvalue weighted by atomic mass is 16.2. The molecule has 2 aromatic rings. The number of benzene rings is 2. The second-order valence-corrected chi connectivity index (χ2v) is 9.36. The predicted molar refractivity (Wildman–Crippen MR) is 113 cm³/mol. The average molecular weight is 389 g/mol. The summed E-state index contributed by atoms with van der Waals surface area (Å²) in [5, 5.41) is 3.23. The number of carbonyl (C=O) groups is 2. The Labute approximate surface area is 172 Å². The van der Waals surface area contributed by atoms with Crippen molar-refractivity contribution in [3.63, 3.8) is 0 Å². The fourth-order valence-corrected chi connectivity index (χ4v) is 6.33. The molecule has 6 rings (SSSR count). The third kappa shape index (κ3) is 3.68. The Balaban J connectivity index is 1.36. The molecule has 0 unspecified atom stereocenters. The van der Waals surface area contributed by atoms with Gasteiger partial charge in [-0.1, -0.05) is 48.5 Å². The first-order valence-electron chi connectivity index (χ1n) is 10.8. The van der Waals surface area contributed by atoms with E-state index < -0.39 is 11.8 Å². The molecule has 0 radical (unpaired) electrons. The lowest BCUT2D eigenvalue weighted by Gasteiger charge is -2.56. The molecule has 0 atom stereocenters. The summed E-state index contributed by atoms with van der Waals surface area (Å²) in [6.07, 6.45) is 7.07. The fraction of sp³-hybridized carbons (Fsp3) is 0.440. The molecule has 4 nitrogen and oxygen atoms in total. The molecule has 4 heteroatoms. The van der Waals surface area contributed by atoms with Crippen LogP contribution in [0.15, 0.2) is 60.7 Å². The predicted octanol–water partition coefficient (Wildman–Crippen LogP) is 4.30. The van der Waals surface area contributed by atoms with E-state index in [1.54, 1.807) is 4.90 Å². The van der Waals surface area contributed by atoms with Gasteiger partial charge in [-0.25, -0.2) is 0 Å². The van der Waals surface area contributed by atoms with Gasteiger partial charge in [0.1, 0.15) is 0 Å². The zero-order valence-corrected chi connectivity index (χ0v) is 16.7. The quantitative estimate of drug-likeness (QED) is 0.794. The SMILES string of the molecule is O=C(NC12CC3CC(CC(C3)C1)C2)C(=O)N(Cc1ccccc1)c1ccccc1. The van der Waals surface area contributed by atoms with Crippen LogP contribution >= 0.6 is 0 Å². The average Bonchev–Trinajstić information content (AvgIpc) is 2.71. The van der Waals surface area contributed by atoms with Crippen molar-refractivity contribution in [2.24, 2.45) is 17.8 Å². The molecule has 4 saturated carbocycles. The van der Waals surface area contributed by atoms with Gasteiger partial charge in [0.15, 0.2) is 0 Å². The number of para-hydroxylation sites is 1. The lowest BCUT2D eigenvalue weighted by Crippen LogP contribution is -2.62. The summed E-state index contributed by atoms with van der Waals surface area (Å²) in [6.45, 7) is 0.387. The van der Waals surface area contributed by atoms with Crippen molar-refractivity contribution in [3.05, 3.63) is 66.2 Å². The number of nitrogens with zero attached hydrogens (tertiary/aromatic N) is 1. The molecule has 4 aliphatic rings. The van der Waals surface area contributed by atoms with E-state index in [1.165, 1.54) is 19.3 Å². The van der Waals surface area contributed by atoms with Gasteiger partial charge in [0.05, 0.1) is 6.54 Å². The summed E-state index contributed by atoms with van der Waals surface area (Å²) in [5.41, 5.74) is 1.60. The Morgan fingerprint density at radius 2 is 1.34 bits per heavy atom. The van der Waals surface area contributed by atoms with Crippen molar-refractivity contribution in [2.75, 3.05) is 4.90 Å². The molecule has 0 spiro atoms. The molecule has 0 aromatic heterocycles. The van der Waals surface area contributed by atoms with Gasteiger partial charge in [0.2, 0.25) is 0 Å². The lowest BCUT2D eigenvalue weighted by molar-refractivity contribution is -0.141. The van der Waals surface area contributed by atoms with Gasteiger partial charge in [-0.15, -0.1) is 0 Å². The molecule has 0 aliphatic heterocycles. The van der Waals surface area contributed by atoms with Crippen LogP contribution in [-0.4, -0.2) is 17.4 Å². The van der Waals surface area contributed by atoms with Gasteiger partial charge < -0.3 is 5.32 Å². The Kier molecular flexibility index (Phi) is 4.65. The maximum atomic E-state index is 13.3. The summed E-state index contributed by atoms with van der Waals surface area (Å²) < 4.78 is 0. The van der Waals surface area contributed by atoms with Crippen molar-refractivity contribution in [3.8, 4) is 0 Å². The van der Waals surface area contributed by atoms with E-state index >= 15 is 0 Å². The summed E-state index contributed by atoms with van der Waals surface area (Å²) in [4.78, 5) is 28.0. The van der Waals surface area contributed by atoms with E-state index in [9.17, 15) is 9.59 Å². The van der Waals surface area contributed by atoms with Crippen LogP contribution < -0.4 is 10.2 Å². The van der Waals surface area contributed by atoms with Crippen LogP contribution in [0.2, 0.25) is 0 Å². The molecule has 4 fully saturated rings. The van der Waals surface area contributed by atoms with Gasteiger partial charge in [0, 0.05) is 11.2 Å². The highest BCUT2D eigenvalue weighted by Gasteiger charge is 2.52. The van der Waals surface area contributed by atoms with Crippen molar-refractivity contribution in [1.82, 2.24) is 5.32 Å². The van der Waals surface area contributed by atoms with E-state index in [0.29, 0.717) is 6.54 Å². The number of rotatable bonds is 4. The first kappa shape index (κ1) is 18.4. The molecule has 0 heterocycles. The Morgan fingerprint density at radius 1 is 0.828 bits per heavy atom. The van der Waals surface area contributed by atoms with Crippen LogP contribution in [0.1, 0.15) is 44.1 Å². The number of carbonyl (C=O) groups excluding carboxylic acids is 2. The molecule has 0 saturated heterocycles. The van der Waals surface area contributed by atoms with E-state index in [0.717, 1.165) is 48.3 Å². The van der Waals surface area contributed by atoms with Crippen molar-refractivity contribution < 1.29 is 9.59 Å². The Bertz CT molecular complexity index is 858. The van der Waals surface area contributed by atoms with Crippen LogP contribution in [0.25, 0.3) is 0 Å². The zero-order valence-electron chi connectivity index (χ0n) is 16.7. The lowest BCUT2D eigenvalue weighted by atomic mass is 9.53. The number of anilines is 1. The molecule has 150 valence electrons. The molecule has 4 bridgehead atoms. The first-order chi connectivity index (χ1) is 14.1. The standard InChI is InChI=1S/C25H28N2O2/c28-23(26-25-14-19-11-20(15-25)13-21(12-19)16-25)24(29)27(22-9-5-2-6-10-22)17-18-7-3-1-4-8-18/h1-10,19-21H,11-17H2,(H,26,28). The highest BCUT2D eigenvalue weighted by molar-refractivity contribution is 6.40. The third-order valence-electron chi connectivity index (χ3n) is 7.11. The largest absolute Gasteiger partial charge is 0.342 e. The number of amides is 2. The van der Waals surface area contributed by atoms with Gasteiger partial charge in [-0.2, -0.15) is 0 Å². The van der Waals surface area contributed by atoms with Crippen LogP contribution in [0.3, 0.4) is 0 Å². The minimum atomic E-state index is -0.462. The number of hydrogen-bond donors (Lipinski definition) is 1. The van der Waals surface area contributed by atoms with E-state index in [-0.39, 0.29) is 5.54 Å². The molecule has 1 N–H and O–H groups in total. The smallest absolute Gasteiger partial charge is 0.316 e. The molecule has 29 heavy (non-hydrogen) atoms. The topological polar surface area (TPSA) is 49.4 Å². The monoisotopic (exact) mass is 388 g/mol. The maximum Gasteiger partial charge on any atom is 0.316 e. The molecule has 4 aliphatic carbocycles. The normalized spacial score (nSPS) is 29.4. The van der Waals surface area contributed by atoms with Crippen LogP contribution in [0.4, 0.5) is 5.69 Å². The minimum Gasteiger partial charge on any atom is -0.342 e. The maximum absolute atomic E-state index is 13.3. The zero-order chi connectivity index (χ0) is 19.8. The molecular formula is C25H28N2O2. The minimum absolute atomic E-state index is 0.156. The Hall–Kier alpha value is -2.62. The summed E-state index contributed by atoms with van der Waals surface area (Å²) in [6, 6.07) is 19.3. The number of hydrogen-bond acceptors (Lipinski definition) is 2. The van der Waals surface area contributed by atoms with E-state index in [1.807, 2.05) is 60.7 Å². The summed E-state index contributed by atoms with van der Waals surface area (Å²) in [5.74, 6) is 1.27. The van der Waals surface area contributed by atoms with Gasteiger partial charge in [-0.3, -0.25) is 14.5 Å². The van der Waals surface area contributed by atoms with Crippen molar-refractivity contribution in [1.29, 1.82) is 0 Å². The molecule has 2 amide bonds. The second kappa shape index (κ2) is 7.33. The third-order valence-corrected chi connectivity index (χ3v) is 7.11.